The first-order valence-electron chi connectivity index (χ1n) is 12.4. The molecule has 1 unspecified atom stereocenters. The summed E-state index contributed by atoms with van der Waals surface area (Å²) in [7, 11) is 0. The second kappa shape index (κ2) is 17.5. The smallest absolute Gasteiger partial charge is 0.186 e. The zero-order valence-corrected chi connectivity index (χ0v) is 19.1. The van der Waals surface area contributed by atoms with Crippen LogP contribution in [0.5, 0.6) is 0 Å². The van der Waals surface area contributed by atoms with E-state index in [9.17, 15) is 15.3 Å². The number of hydrogen-bond donors (Lipinski definition) is 3. The summed E-state index contributed by atoms with van der Waals surface area (Å²) in [5, 5.41) is 29.3. The van der Waals surface area contributed by atoms with Crippen LogP contribution in [0.15, 0.2) is 0 Å². The Labute approximate surface area is 179 Å². The van der Waals surface area contributed by atoms with E-state index in [1.165, 1.54) is 89.9 Å². The van der Waals surface area contributed by atoms with Crippen molar-refractivity contribution in [3.05, 3.63) is 0 Å². The Morgan fingerprint density at radius 3 is 1.45 bits per heavy atom. The molecule has 1 saturated heterocycles. The molecule has 0 spiro atoms. The molecule has 1 aliphatic rings. The molecule has 0 bridgehead atoms. The van der Waals surface area contributed by atoms with Crippen molar-refractivity contribution >= 4 is 0 Å². The summed E-state index contributed by atoms with van der Waals surface area (Å²) < 4.78 is 11.0. The molecule has 0 aromatic carbocycles. The lowest BCUT2D eigenvalue weighted by Crippen LogP contribution is -2.57. The summed E-state index contributed by atoms with van der Waals surface area (Å²) in [4.78, 5) is 0. The van der Waals surface area contributed by atoms with E-state index < -0.39 is 30.7 Å². The Kier molecular flexibility index (Phi) is 16.2. The number of aliphatic hydroxyl groups excluding tert-OH is 3. The van der Waals surface area contributed by atoms with Crippen LogP contribution < -0.4 is 0 Å². The van der Waals surface area contributed by atoms with Gasteiger partial charge in [0.2, 0.25) is 0 Å². The summed E-state index contributed by atoms with van der Waals surface area (Å²) in [6.45, 7) is 4.45. The van der Waals surface area contributed by atoms with Gasteiger partial charge in [-0.15, -0.1) is 0 Å². The van der Waals surface area contributed by atoms with Crippen molar-refractivity contribution in [3.63, 3.8) is 0 Å². The van der Waals surface area contributed by atoms with Crippen molar-refractivity contribution < 1.29 is 24.8 Å². The quantitative estimate of drug-likeness (QED) is 0.271. The zero-order valence-electron chi connectivity index (χ0n) is 19.1. The van der Waals surface area contributed by atoms with Gasteiger partial charge in [-0.2, -0.15) is 0 Å². The summed E-state index contributed by atoms with van der Waals surface area (Å²) in [5.74, 6) is 0. The largest absolute Gasteiger partial charge is 0.388 e. The minimum absolute atomic E-state index is 0.510. The fraction of sp³-hybridized carbons (Fsp3) is 1.00. The van der Waals surface area contributed by atoms with E-state index in [-0.39, 0.29) is 0 Å². The van der Waals surface area contributed by atoms with Gasteiger partial charge in [-0.1, -0.05) is 103 Å². The maximum absolute atomic E-state index is 9.90. The van der Waals surface area contributed by atoms with Gasteiger partial charge in [-0.25, -0.2) is 0 Å². The van der Waals surface area contributed by atoms with Crippen LogP contribution in [0.1, 0.15) is 117 Å². The molecule has 0 aromatic rings. The van der Waals surface area contributed by atoms with E-state index in [0.717, 1.165) is 12.8 Å². The third-order valence-corrected chi connectivity index (χ3v) is 6.09. The van der Waals surface area contributed by atoms with Crippen LogP contribution in [0.25, 0.3) is 0 Å². The average molecular weight is 417 g/mol. The molecule has 0 aliphatic carbocycles. The van der Waals surface area contributed by atoms with Crippen molar-refractivity contribution in [1.29, 1.82) is 0 Å². The second-order valence-corrected chi connectivity index (χ2v) is 8.86. The molecule has 1 rings (SSSR count). The Morgan fingerprint density at radius 1 is 0.586 bits per heavy atom. The maximum Gasteiger partial charge on any atom is 0.186 e. The highest BCUT2D eigenvalue weighted by Gasteiger charge is 2.42. The van der Waals surface area contributed by atoms with Crippen molar-refractivity contribution in [2.75, 3.05) is 6.61 Å². The third-order valence-electron chi connectivity index (χ3n) is 6.09. The molecule has 0 saturated carbocycles. The van der Waals surface area contributed by atoms with Crippen LogP contribution in [-0.2, 0) is 9.47 Å². The fourth-order valence-corrected chi connectivity index (χ4v) is 4.00. The minimum atomic E-state index is -1.21. The maximum atomic E-state index is 9.90. The molecule has 1 aliphatic heterocycles. The predicted octanol–water partition coefficient (Wildman–Crippen LogP) is 5.09. The summed E-state index contributed by atoms with van der Waals surface area (Å²) in [6.07, 6.45) is 16.4. The number of aliphatic hydroxyl groups is 3. The number of ether oxygens (including phenoxy) is 2. The first-order chi connectivity index (χ1) is 14.1. The Bertz CT molecular complexity index is 365. The lowest BCUT2D eigenvalue weighted by atomic mass is 10.00. The molecule has 5 nitrogen and oxygen atoms in total. The first kappa shape index (κ1) is 26.8. The molecule has 1 fully saturated rings. The van der Waals surface area contributed by atoms with Crippen LogP contribution in [-0.4, -0.2) is 52.6 Å². The van der Waals surface area contributed by atoms with Gasteiger partial charge in [-0.05, 0) is 13.3 Å². The van der Waals surface area contributed by atoms with Gasteiger partial charge >= 0.3 is 0 Å². The Morgan fingerprint density at radius 2 is 1.00 bits per heavy atom. The summed E-state index contributed by atoms with van der Waals surface area (Å²) in [6, 6.07) is 0. The van der Waals surface area contributed by atoms with E-state index in [1.807, 2.05) is 0 Å². The van der Waals surface area contributed by atoms with E-state index in [0.29, 0.717) is 6.61 Å². The van der Waals surface area contributed by atoms with Gasteiger partial charge in [0.15, 0.2) is 6.29 Å². The number of hydrogen-bond acceptors (Lipinski definition) is 5. The number of unbranched alkanes of at least 4 members (excludes halogenated alkanes) is 15. The molecule has 1 heterocycles. The zero-order chi connectivity index (χ0) is 21.3. The molecule has 0 aromatic heterocycles. The first-order valence-corrected chi connectivity index (χ1v) is 12.4. The Balaban J connectivity index is 1.81. The molecule has 29 heavy (non-hydrogen) atoms. The van der Waals surface area contributed by atoms with Gasteiger partial charge in [0.25, 0.3) is 0 Å². The molecule has 5 heteroatoms. The third kappa shape index (κ3) is 12.3. The van der Waals surface area contributed by atoms with Crippen molar-refractivity contribution in [3.8, 4) is 0 Å². The molecule has 3 N–H and O–H groups in total. The van der Waals surface area contributed by atoms with Gasteiger partial charge in [-0.3, -0.25) is 0 Å². The van der Waals surface area contributed by atoms with Crippen molar-refractivity contribution in [2.45, 2.75) is 147 Å². The molecule has 0 radical (unpaired) electrons. The van der Waals surface area contributed by atoms with Gasteiger partial charge in [0.05, 0.1) is 6.10 Å². The van der Waals surface area contributed by atoms with Gasteiger partial charge < -0.3 is 24.8 Å². The van der Waals surface area contributed by atoms with Crippen LogP contribution in [0.3, 0.4) is 0 Å². The highest BCUT2D eigenvalue weighted by molar-refractivity contribution is 4.87. The van der Waals surface area contributed by atoms with E-state index in [1.54, 1.807) is 6.92 Å². The van der Waals surface area contributed by atoms with Crippen LogP contribution in [0.2, 0.25) is 0 Å². The van der Waals surface area contributed by atoms with Crippen molar-refractivity contribution in [1.82, 2.24) is 0 Å². The van der Waals surface area contributed by atoms with E-state index in [2.05, 4.69) is 6.92 Å². The van der Waals surface area contributed by atoms with Crippen molar-refractivity contribution in [2.24, 2.45) is 0 Å². The second-order valence-electron chi connectivity index (χ2n) is 8.86. The van der Waals surface area contributed by atoms with Crippen LogP contribution in [0.4, 0.5) is 0 Å². The van der Waals surface area contributed by atoms with E-state index in [4.69, 9.17) is 9.47 Å². The fourth-order valence-electron chi connectivity index (χ4n) is 4.00. The van der Waals surface area contributed by atoms with Gasteiger partial charge in [0, 0.05) is 6.61 Å². The highest BCUT2D eigenvalue weighted by atomic mass is 16.7. The van der Waals surface area contributed by atoms with E-state index >= 15 is 0 Å². The predicted molar refractivity (Wildman–Crippen MR) is 118 cm³/mol. The molecular formula is C24H48O5. The molecule has 0 amide bonds. The summed E-state index contributed by atoms with van der Waals surface area (Å²) >= 11 is 0. The number of rotatable bonds is 18. The standard InChI is InChI=1S/C24H48O5/c1-3-4-5-6-7-8-9-10-11-12-13-14-15-16-17-18-19-28-24-23(27)22(26)21(25)20(2)29-24/h20-27H,3-19H2,1-2H3/t20-,21-,22+,23+,24?/m0/s1. The topological polar surface area (TPSA) is 79.2 Å². The van der Waals surface area contributed by atoms with Crippen LogP contribution in [0, 0.1) is 0 Å². The molecule has 174 valence electrons. The minimum Gasteiger partial charge on any atom is -0.388 e. The molecule has 5 atom stereocenters. The summed E-state index contributed by atoms with van der Waals surface area (Å²) in [5.41, 5.74) is 0. The molecular weight excluding hydrogens is 368 g/mol. The lowest BCUT2D eigenvalue weighted by Gasteiger charge is -2.38. The van der Waals surface area contributed by atoms with Gasteiger partial charge in [0.1, 0.15) is 18.3 Å². The SMILES string of the molecule is CCCCCCCCCCCCCCCCCCOC1O[C@@H](C)[C@H](O)[C@@H](O)[C@H]1O. The Hall–Kier alpha value is -0.200. The normalized spacial score (nSPS) is 27.4. The van der Waals surface area contributed by atoms with Crippen LogP contribution >= 0.6 is 0 Å². The lowest BCUT2D eigenvalue weighted by molar-refractivity contribution is -0.293. The monoisotopic (exact) mass is 416 g/mol. The highest BCUT2D eigenvalue weighted by Crippen LogP contribution is 2.22. The average Bonchev–Trinajstić information content (AvgIpc) is 2.72.